The van der Waals surface area contributed by atoms with Crippen LogP contribution in [-0.4, -0.2) is 29.2 Å². The summed E-state index contributed by atoms with van der Waals surface area (Å²) in [5.41, 5.74) is 1.92. The summed E-state index contributed by atoms with van der Waals surface area (Å²) in [5, 5.41) is 11.0. The second-order valence-electron chi connectivity index (χ2n) is 6.64. The number of aryl methyl sites for hydroxylation is 1. The summed E-state index contributed by atoms with van der Waals surface area (Å²) in [6, 6.07) is 5.86. The van der Waals surface area contributed by atoms with Crippen molar-refractivity contribution >= 4 is 11.9 Å². The molecule has 1 aromatic carbocycles. The Kier molecular flexibility index (Phi) is 4.05. The number of carboxylic acid groups (broad SMARTS) is 1. The number of alkyl halides is 3. The number of hydrogen-bond acceptors (Lipinski definition) is 2. The summed E-state index contributed by atoms with van der Waals surface area (Å²) >= 11 is 0. The van der Waals surface area contributed by atoms with Crippen molar-refractivity contribution in [3.05, 3.63) is 35.4 Å². The molecule has 0 aromatic heterocycles. The molecule has 1 amide bonds. The summed E-state index contributed by atoms with van der Waals surface area (Å²) in [7, 11) is 0. The van der Waals surface area contributed by atoms with Gasteiger partial charge in [0.2, 0.25) is 5.91 Å². The molecule has 0 unspecified atom stereocenters. The Morgan fingerprint density at radius 2 is 2.04 bits per heavy atom. The highest BCUT2D eigenvalue weighted by molar-refractivity contribution is 5.88. The third-order valence-electron chi connectivity index (χ3n) is 5.06. The van der Waals surface area contributed by atoms with E-state index in [0.717, 1.165) is 24.8 Å². The van der Waals surface area contributed by atoms with Gasteiger partial charge in [0.15, 0.2) is 0 Å². The Bertz CT molecular complexity index is 673. The van der Waals surface area contributed by atoms with E-state index in [1.165, 1.54) is 5.56 Å². The lowest BCUT2D eigenvalue weighted by atomic mass is 9.78. The van der Waals surface area contributed by atoms with E-state index in [0.29, 0.717) is 6.42 Å². The van der Waals surface area contributed by atoms with Crippen molar-refractivity contribution in [1.82, 2.24) is 5.32 Å². The quantitative estimate of drug-likeness (QED) is 0.885. The number of nitrogens with one attached hydrogen (secondary N) is 1. The van der Waals surface area contributed by atoms with E-state index in [2.05, 4.69) is 5.32 Å². The van der Waals surface area contributed by atoms with Crippen LogP contribution in [0.25, 0.3) is 0 Å². The SMILES string of the molecule is O=C(O)[C@H](CC(F)(F)F)NC(=O)[C@H]1C[C@@]12CCCc1ccccc12. The molecule has 130 valence electrons. The van der Waals surface area contributed by atoms with Crippen LogP contribution >= 0.6 is 0 Å². The standard InChI is InChI=1S/C17H18F3NO3/c18-17(19,20)9-13(15(23)24)21-14(22)12-8-16(12)7-3-5-10-4-1-2-6-11(10)16/h1-2,4,6,12-13H,3,5,7-9H2,(H,21,22)(H,23,24)/t12-,13+,16-/m1/s1. The minimum Gasteiger partial charge on any atom is -0.480 e. The molecule has 0 heterocycles. The Hall–Kier alpha value is -2.05. The van der Waals surface area contributed by atoms with Gasteiger partial charge in [-0.3, -0.25) is 4.79 Å². The summed E-state index contributed by atoms with van der Waals surface area (Å²) in [5.74, 6) is -2.71. The summed E-state index contributed by atoms with van der Waals surface area (Å²) < 4.78 is 37.4. The normalized spacial score (nSPS) is 26.5. The van der Waals surface area contributed by atoms with E-state index in [-0.39, 0.29) is 5.41 Å². The van der Waals surface area contributed by atoms with Gasteiger partial charge in [0.1, 0.15) is 6.04 Å². The number of amides is 1. The molecular weight excluding hydrogens is 323 g/mol. The van der Waals surface area contributed by atoms with Crippen LogP contribution in [-0.2, 0) is 21.4 Å². The van der Waals surface area contributed by atoms with Crippen molar-refractivity contribution in [2.75, 3.05) is 0 Å². The number of benzene rings is 1. The van der Waals surface area contributed by atoms with Gasteiger partial charge >= 0.3 is 12.1 Å². The molecule has 0 saturated heterocycles. The summed E-state index contributed by atoms with van der Waals surface area (Å²) in [6.07, 6.45) is -2.99. The van der Waals surface area contributed by atoms with Gasteiger partial charge in [-0.05, 0) is 36.8 Å². The van der Waals surface area contributed by atoms with Gasteiger partial charge < -0.3 is 10.4 Å². The molecule has 3 rings (SSSR count). The maximum absolute atomic E-state index is 12.5. The highest BCUT2D eigenvalue weighted by Crippen LogP contribution is 2.60. The molecule has 1 fully saturated rings. The lowest BCUT2D eigenvalue weighted by Gasteiger charge is -2.26. The largest absolute Gasteiger partial charge is 0.480 e. The first-order chi connectivity index (χ1) is 11.2. The van der Waals surface area contributed by atoms with Gasteiger partial charge in [0, 0.05) is 11.3 Å². The van der Waals surface area contributed by atoms with E-state index in [9.17, 15) is 22.8 Å². The number of hydrogen-bond donors (Lipinski definition) is 2. The monoisotopic (exact) mass is 341 g/mol. The molecule has 3 atom stereocenters. The molecule has 2 N–H and O–H groups in total. The molecule has 0 radical (unpaired) electrons. The van der Waals surface area contributed by atoms with Gasteiger partial charge in [-0.2, -0.15) is 13.2 Å². The fourth-order valence-electron chi connectivity index (χ4n) is 3.88. The molecule has 0 aliphatic heterocycles. The zero-order chi connectivity index (χ0) is 17.5. The second-order valence-corrected chi connectivity index (χ2v) is 6.64. The van der Waals surface area contributed by atoms with Gasteiger partial charge in [0.25, 0.3) is 0 Å². The first-order valence-corrected chi connectivity index (χ1v) is 7.91. The number of carboxylic acids is 1. The molecule has 0 bridgehead atoms. The van der Waals surface area contributed by atoms with E-state index in [1.807, 2.05) is 24.3 Å². The molecule has 2 aliphatic carbocycles. The predicted octanol–water partition coefficient (Wildman–Crippen LogP) is 2.80. The summed E-state index contributed by atoms with van der Waals surface area (Å²) in [4.78, 5) is 23.4. The van der Waals surface area contributed by atoms with Crippen LogP contribution in [0.4, 0.5) is 13.2 Å². The molecule has 1 spiro atoms. The van der Waals surface area contributed by atoms with E-state index in [4.69, 9.17) is 5.11 Å². The highest BCUT2D eigenvalue weighted by atomic mass is 19.4. The topological polar surface area (TPSA) is 66.4 Å². The Labute approximate surface area is 137 Å². The lowest BCUT2D eigenvalue weighted by molar-refractivity contribution is -0.160. The van der Waals surface area contributed by atoms with Crippen LogP contribution in [0, 0.1) is 5.92 Å². The molecule has 7 heteroatoms. The molecule has 2 aliphatic rings. The third kappa shape index (κ3) is 3.12. The van der Waals surface area contributed by atoms with Crippen LogP contribution in [0.5, 0.6) is 0 Å². The average Bonchev–Trinajstić information content (AvgIpc) is 3.21. The molecule has 24 heavy (non-hydrogen) atoms. The maximum Gasteiger partial charge on any atom is 0.391 e. The molecule has 4 nitrogen and oxygen atoms in total. The van der Waals surface area contributed by atoms with E-state index < -0.39 is 36.4 Å². The van der Waals surface area contributed by atoms with Crippen LogP contribution in [0.2, 0.25) is 0 Å². The number of aliphatic carboxylic acids is 1. The highest BCUT2D eigenvalue weighted by Gasteiger charge is 2.60. The first kappa shape index (κ1) is 16.8. The Morgan fingerprint density at radius 3 is 2.71 bits per heavy atom. The fourth-order valence-corrected chi connectivity index (χ4v) is 3.88. The zero-order valence-electron chi connectivity index (χ0n) is 12.9. The van der Waals surface area contributed by atoms with Crippen molar-refractivity contribution in [1.29, 1.82) is 0 Å². The Morgan fingerprint density at radius 1 is 1.33 bits per heavy atom. The van der Waals surface area contributed by atoms with Crippen molar-refractivity contribution in [3.63, 3.8) is 0 Å². The smallest absolute Gasteiger partial charge is 0.391 e. The molecule has 1 aromatic rings. The maximum atomic E-state index is 12.5. The van der Waals surface area contributed by atoms with Gasteiger partial charge in [-0.1, -0.05) is 24.3 Å². The number of rotatable bonds is 4. The van der Waals surface area contributed by atoms with E-state index >= 15 is 0 Å². The van der Waals surface area contributed by atoms with Gasteiger partial charge in [-0.25, -0.2) is 4.79 Å². The van der Waals surface area contributed by atoms with Crippen LogP contribution in [0.3, 0.4) is 0 Å². The van der Waals surface area contributed by atoms with Gasteiger partial charge in [0.05, 0.1) is 6.42 Å². The zero-order valence-corrected chi connectivity index (χ0v) is 12.9. The van der Waals surface area contributed by atoms with Crippen molar-refractivity contribution in [3.8, 4) is 0 Å². The summed E-state index contributed by atoms with van der Waals surface area (Å²) in [6.45, 7) is 0. The van der Waals surface area contributed by atoms with Crippen molar-refractivity contribution < 1.29 is 27.9 Å². The number of carbonyl (C=O) groups excluding carboxylic acids is 1. The molecule has 1 saturated carbocycles. The number of carbonyl (C=O) groups is 2. The fraction of sp³-hybridized carbons (Fsp3) is 0.529. The van der Waals surface area contributed by atoms with Crippen molar-refractivity contribution in [2.24, 2.45) is 5.92 Å². The van der Waals surface area contributed by atoms with Crippen LogP contribution in [0.1, 0.15) is 36.8 Å². The Balaban J connectivity index is 1.73. The lowest BCUT2D eigenvalue weighted by Crippen LogP contribution is -2.45. The van der Waals surface area contributed by atoms with E-state index in [1.54, 1.807) is 0 Å². The minimum atomic E-state index is -4.64. The predicted molar refractivity (Wildman–Crippen MR) is 79.4 cm³/mol. The minimum absolute atomic E-state index is 0.333. The average molecular weight is 341 g/mol. The van der Waals surface area contributed by atoms with Crippen LogP contribution < -0.4 is 5.32 Å². The number of fused-ring (bicyclic) bond motifs is 2. The third-order valence-corrected chi connectivity index (χ3v) is 5.06. The van der Waals surface area contributed by atoms with Crippen LogP contribution in [0.15, 0.2) is 24.3 Å². The van der Waals surface area contributed by atoms with Crippen molar-refractivity contribution in [2.45, 2.75) is 49.7 Å². The first-order valence-electron chi connectivity index (χ1n) is 7.91. The molecular formula is C17H18F3NO3. The second kappa shape index (κ2) is 5.79. The van der Waals surface area contributed by atoms with Gasteiger partial charge in [-0.15, -0.1) is 0 Å². The number of halogens is 3.